The SMILES string of the molecule is CC[C@H](C)[C@@H]1NC(=O)CN(C(=O)c2csc3c2CCCC3)CCNC(=O)[C@H](Cc2ccccc2)NC(=O)[C@@H]2C[C@@H](O)CN2C1=O. The molecule has 1 aromatic carbocycles. The first-order chi connectivity index (χ1) is 21.7. The number of thiophene rings is 1. The van der Waals surface area contributed by atoms with Gasteiger partial charge in [-0.05, 0) is 42.7 Å². The molecular weight excluding hydrogens is 594 g/mol. The zero-order valence-corrected chi connectivity index (χ0v) is 26.7. The lowest BCUT2D eigenvalue weighted by molar-refractivity contribution is -0.143. The number of aliphatic hydroxyl groups is 1. The van der Waals surface area contributed by atoms with Gasteiger partial charge < -0.3 is 30.9 Å². The molecule has 12 heteroatoms. The first-order valence-electron chi connectivity index (χ1n) is 15.9. The third kappa shape index (κ3) is 7.55. The van der Waals surface area contributed by atoms with Crippen molar-refractivity contribution >= 4 is 40.9 Å². The Morgan fingerprint density at radius 2 is 1.82 bits per heavy atom. The highest BCUT2D eigenvalue weighted by Gasteiger charge is 2.43. The summed E-state index contributed by atoms with van der Waals surface area (Å²) >= 11 is 1.57. The molecular formula is C33H43N5O6S. The highest BCUT2D eigenvalue weighted by atomic mass is 32.1. The predicted octanol–water partition coefficient (Wildman–Crippen LogP) is 1.42. The quantitative estimate of drug-likeness (QED) is 0.390. The normalized spacial score (nSPS) is 25.7. The van der Waals surface area contributed by atoms with E-state index in [1.807, 2.05) is 49.6 Å². The van der Waals surface area contributed by atoms with Gasteiger partial charge >= 0.3 is 0 Å². The summed E-state index contributed by atoms with van der Waals surface area (Å²) in [7, 11) is 0. The van der Waals surface area contributed by atoms with Gasteiger partial charge in [-0.15, -0.1) is 11.3 Å². The van der Waals surface area contributed by atoms with Crippen LogP contribution >= 0.6 is 11.3 Å². The minimum atomic E-state index is -1.00. The first kappa shape index (κ1) is 32.6. The van der Waals surface area contributed by atoms with Gasteiger partial charge in [-0.3, -0.25) is 24.0 Å². The van der Waals surface area contributed by atoms with Crippen LogP contribution in [0.2, 0.25) is 0 Å². The molecule has 2 saturated heterocycles. The molecule has 242 valence electrons. The Morgan fingerprint density at radius 3 is 2.58 bits per heavy atom. The predicted molar refractivity (Wildman–Crippen MR) is 169 cm³/mol. The number of nitrogens with zero attached hydrogens (tertiary/aromatic N) is 2. The van der Waals surface area contributed by atoms with Crippen molar-refractivity contribution in [3.8, 4) is 0 Å². The standard InChI is InChI=1S/C33H43N5O6S/c1-3-20(2)29-33(44)38-17-22(39)16-26(38)31(42)35-25(15-21-9-5-4-6-10-21)30(41)34-13-14-37(18-28(40)36-29)32(43)24-19-45-27-12-8-7-11-23(24)27/h4-6,9-10,19-20,22,25-26,29,39H,3,7-8,11-18H2,1-2H3,(H,34,41)(H,35,42)(H,36,40)/t20-,22+,25-,26-,29-/m0/s1. The molecule has 0 unspecified atom stereocenters. The molecule has 0 radical (unpaired) electrons. The second-order valence-electron chi connectivity index (χ2n) is 12.4. The summed E-state index contributed by atoms with van der Waals surface area (Å²) in [5.41, 5.74) is 2.46. The van der Waals surface area contributed by atoms with Crippen LogP contribution in [0.5, 0.6) is 0 Å². The maximum atomic E-state index is 14.0. The highest BCUT2D eigenvalue weighted by Crippen LogP contribution is 2.31. The summed E-state index contributed by atoms with van der Waals surface area (Å²) in [6, 6.07) is 6.36. The van der Waals surface area contributed by atoms with Crippen LogP contribution in [-0.2, 0) is 38.4 Å². The van der Waals surface area contributed by atoms with Crippen molar-refractivity contribution in [3.63, 3.8) is 0 Å². The van der Waals surface area contributed by atoms with Crippen LogP contribution in [-0.4, -0.2) is 94.9 Å². The van der Waals surface area contributed by atoms with E-state index in [1.165, 1.54) is 14.7 Å². The van der Waals surface area contributed by atoms with Crippen molar-refractivity contribution in [1.29, 1.82) is 0 Å². The van der Waals surface area contributed by atoms with Crippen molar-refractivity contribution < 1.29 is 29.1 Å². The lowest BCUT2D eigenvalue weighted by Crippen LogP contribution is -2.58. The van der Waals surface area contributed by atoms with E-state index < -0.39 is 47.9 Å². The lowest BCUT2D eigenvalue weighted by atomic mass is 9.95. The van der Waals surface area contributed by atoms with Crippen molar-refractivity contribution in [2.75, 3.05) is 26.2 Å². The molecule has 45 heavy (non-hydrogen) atoms. The summed E-state index contributed by atoms with van der Waals surface area (Å²) in [5.74, 6) is -2.53. The van der Waals surface area contributed by atoms with Gasteiger partial charge in [0.25, 0.3) is 5.91 Å². The lowest BCUT2D eigenvalue weighted by Gasteiger charge is -2.32. The summed E-state index contributed by atoms with van der Waals surface area (Å²) in [6.07, 6.45) is 3.70. The van der Waals surface area contributed by atoms with Crippen LogP contribution in [0.15, 0.2) is 35.7 Å². The minimum absolute atomic E-state index is 0.0195. The Kier molecular flexibility index (Phi) is 10.5. The van der Waals surface area contributed by atoms with E-state index in [0.717, 1.165) is 36.8 Å². The average molecular weight is 638 g/mol. The van der Waals surface area contributed by atoms with Crippen LogP contribution in [0.4, 0.5) is 0 Å². The van der Waals surface area contributed by atoms with Crippen LogP contribution in [0, 0.1) is 5.92 Å². The zero-order valence-electron chi connectivity index (χ0n) is 25.9. The number of carbonyl (C=O) groups excluding carboxylic acids is 5. The van der Waals surface area contributed by atoms with E-state index >= 15 is 0 Å². The Bertz CT molecular complexity index is 1410. The number of hydrogen-bond acceptors (Lipinski definition) is 7. The number of amides is 5. The summed E-state index contributed by atoms with van der Waals surface area (Å²) in [4.78, 5) is 72.5. The molecule has 4 N–H and O–H groups in total. The third-order valence-corrected chi connectivity index (χ3v) is 10.3. The average Bonchev–Trinajstić information content (AvgIpc) is 3.65. The van der Waals surface area contributed by atoms with E-state index in [9.17, 15) is 29.1 Å². The number of hydrogen-bond donors (Lipinski definition) is 4. The van der Waals surface area contributed by atoms with Gasteiger partial charge in [0.1, 0.15) is 18.1 Å². The van der Waals surface area contributed by atoms with E-state index in [0.29, 0.717) is 12.0 Å². The number of fused-ring (bicyclic) bond motifs is 2. The number of aryl methyl sites for hydroxylation is 1. The van der Waals surface area contributed by atoms with E-state index in [4.69, 9.17) is 0 Å². The molecule has 5 atom stereocenters. The van der Waals surface area contributed by atoms with Crippen molar-refractivity contribution in [2.45, 2.75) is 83.0 Å². The largest absolute Gasteiger partial charge is 0.391 e. The van der Waals surface area contributed by atoms with Gasteiger partial charge in [0.05, 0.1) is 18.2 Å². The summed E-state index contributed by atoms with van der Waals surface area (Å²) < 4.78 is 0. The molecule has 0 spiro atoms. The maximum absolute atomic E-state index is 14.0. The Labute approximate surface area is 267 Å². The molecule has 2 fully saturated rings. The Morgan fingerprint density at radius 1 is 1.07 bits per heavy atom. The maximum Gasteiger partial charge on any atom is 0.255 e. The molecule has 1 aliphatic carbocycles. The van der Waals surface area contributed by atoms with Gasteiger partial charge in [0.2, 0.25) is 23.6 Å². The first-order valence-corrected chi connectivity index (χ1v) is 16.8. The van der Waals surface area contributed by atoms with Crippen molar-refractivity contribution in [1.82, 2.24) is 25.8 Å². The second-order valence-corrected chi connectivity index (χ2v) is 13.3. The fourth-order valence-corrected chi connectivity index (χ4v) is 7.54. The molecule has 0 saturated carbocycles. The van der Waals surface area contributed by atoms with Crippen LogP contribution in [0.3, 0.4) is 0 Å². The molecule has 2 aliphatic heterocycles. The molecule has 11 nitrogen and oxygen atoms in total. The van der Waals surface area contributed by atoms with Crippen molar-refractivity contribution in [3.05, 3.63) is 57.3 Å². The molecule has 5 amide bonds. The van der Waals surface area contributed by atoms with Crippen LogP contribution in [0.25, 0.3) is 0 Å². The smallest absolute Gasteiger partial charge is 0.255 e. The molecule has 3 heterocycles. The number of benzene rings is 1. The van der Waals surface area contributed by atoms with E-state index in [2.05, 4.69) is 16.0 Å². The monoisotopic (exact) mass is 637 g/mol. The fourth-order valence-electron chi connectivity index (χ4n) is 6.42. The fraction of sp³-hybridized carbons (Fsp3) is 0.545. The number of aliphatic hydroxyl groups excluding tert-OH is 1. The number of nitrogens with one attached hydrogen (secondary N) is 3. The zero-order chi connectivity index (χ0) is 32.1. The minimum Gasteiger partial charge on any atom is -0.391 e. The van der Waals surface area contributed by atoms with E-state index in [-0.39, 0.29) is 50.8 Å². The summed E-state index contributed by atoms with van der Waals surface area (Å²) in [5, 5.41) is 20.9. The number of rotatable bonds is 5. The Balaban J connectivity index is 1.46. The van der Waals surface area contributed by atoms with Crippen LogP contribution in [0.1, 0.15) is 65.9 Å². The molecule has 0 bridgehead atoms. The third-order valence-electron chi connectivity index (χ3n) is 9.17. The molecule has 3 aliphatic rings. The second kappa shape index (κ2) is 14.6. The molecule has 1 aromatic heterocycles. The summed E-state index contributed by atoms with van der Waals surface area (Å²) in [6.45, 7) is 3.52. The highest BCUT2D eigenvalue weighted by molar-refractivity contribution is 7.10. The Hall–Kier alpha value is -3.77. The van der Waals surface area contributed by atoms with Gasteiger partial charge in [0, 0.05) is 42.7 Å². The van der Waals surface area contributed by atoms with Crippen molar-refractivity contribution in [2.24, 2.45) is 5.92 Å². The molecule has 2 aromatic rings. The number of carbonyl (C=O) groups is 5. The van der Waals surface area contributed by atoms with E-state index in [1.54, 1.807) is 11.3 Å². The van der Waals surface area contributed by atoms with Crippen LogP contribution < -0.4 is 16.0 Å². The van der Waals surface area contributed by atoms with Gasteiger partial charge in [0.15, 0.2) is 0 Å². The molecule has 5 rings (SSSR count). The topological polar surface area (TPSA) is 148 Å². The van der Waals surface area contributed by atoms with Gasteiger partial charge in [-0.1, -0.05) is 50.6 Å². The van der Waals surface area contributed by atoms with Gasteiger partial charge in [-0.25, -0.2) is 0 Å². The van der Waals surface area contributed by atoms with Gasteiger partial charge in [-0.2, -0.15) is 0 Å².